The summed E-state index contributed by atoms with van der Waals surface area (Å²) in [7, 11) is 0. The van der Waals surface area contributed by atoms with Gasteiger partial charge in [-0.2, -0.15) is 5.10 Å². The Balaban J connectivity index is 1.82. The Morgan fingerprint density at radius 2 is 2.00 bits per heavy atom. The van der Waals surface area contributed by atoms with Gasteiger partial charge in [-0.3, -0.25) is 9.48 Å². The molecule has 2 aliphatic rings. The molecule has 3 rings (SSSR count). The van der Waals surface area contributed by atoms with Crippen LogP contribution in [0.3, 0.4) is 0 Å². The molecule has 2 fully saturated rings. The minimum absolute atomic E-state index is 0.215. The fourth-order valence-electron chi connectivity index (χ4n) is 3.52. The van der Waals surface area contributed by atoms with E-state index in [1.165, 1.54) is 4.90 Å². The molecule has 0 spiro atoms. The van der Waals surface area contributed by atoms with Gasteiger partial charge in [0.25, 0.3) is 5.91 Å². The highest BCUT2D eigenvalue weighted by Gasteiger charge is 2.34. The van der Waals surface area contributed by atoms with E-state index in [2.05, 4.69) is 5.10 Å². The van der Waals surface area contributed by atoms with Crippen LogP contribution in [-0.2, 0) is 9.53 Å². The maximum atomic E-state index is 12.8. The molecule has 1 atom stereocenters. The van der Waals surface area contributed by atoms with E-state index < -0.39 is 12.0 Å². The number of carbonyl (C=O) groups excluding carboxylic acids is 1. The van der Waals surface area contributed by atoms with Crippen LogP contribution in [-0.4, -0.2) is 57.5 Å². The number of carboxylic acids is 1. The molecule has 0 aromatic carbocycles. The van der Waals surface area contributed by atoms with Gasteiger partial charge in [-0.05, 0) is 39.0 Å². The maximum Gasteiger partial charge on any atom is 0.326 e. The Morgan fingerprint density at radius 3 is 2.70 bits per heavy atom. The summed E-state index contributed by atoms with van der Waals surface area (Å²) >= 11 is 0. The molecule has 1 aromatic rings. The number of nitrogens with zero attached hydrogens (tertiary/aromatic N) is 3. The number of aliphatic carboxylic acids is 1. The molecule has 0 unspecified atom stereocenters. The van der Waals surface area contributed by atoms with Crippen molar-refractivity contribution in [2.24, 2.45) is 0 Å². The number of carbonyl (C=O) groups is 2. The van der Waals surface area contributed by atoms with E-state index in [1.54, 1.807) is 6.20 Å². The van der Waals surface area contributed by atoms with Crippen LogP contribution in [0.25, 0.3) is 0 Å². The highest BCUT2D eigenvalue weighted by molar-refractivity contribution is 5.97. The standard InChI is InChI=1S/C16H23N3O4/c1-11-13(10-17-19(11)12-5-8-23-9-6-12)15(20)18-7-3-2-4-14(18)16(21)22/h10,12,14H,2-9H2,1H3,(H,21,22)/t14-/m1/s1. The Hall–Kier alpha value is -1.89. The van der Waals surface area contributed by atoms with Crippen LogP contribution in [0.2, 0.25) is 0 Å². The van der Waals surface area contributed by atoms with Crippen molar-refractivity contribution in [2.75, 3.05) is 19.8 Å². The predicted molar refractivity (Wildman–Crippen MR) is 82.4 cm³/mol. The lowest BCUT2D eigenvalue weighted by molar-refractivity contribution is -0.143. The molecule has 3 heterocycles. The summed E-state index contributed by atoms with van der Waals surface area (Å²) in [6.07, 6.45) is 5.58. The van der Waals surface area contributed by atoms with Gasteiger partial charge in [0.15, 0.2) is 0 Å². The van der Waals surface area contributed by atoms with Gasteiger partial charge in [0, 0.05) is 25.5 Å². The van der Waals surface area contributed by atoms with Gasteiger partial charge in [-0.1, -0.05) is 0 Å². The lowest BCUT2D eigenvalue weighted by Crippen LogP contribution is -2.48. The van der Waals surface area contributed by atoms with Crippen LogP contribution >= 0.6 is 0 Å². The molecule has 126 valence electrons. The van der Waals surface area contributed by atoms with Crippen LogP contribution < -0.4 is 0 Å². The van der Waals surface area contributed by atoms with Crippen molar-refractivity contribution in [3.05, 3.63) is 17.5 Å². The number of likely N-dealkylation sites (tertiary alicyclic amines) is 1. The highest BCUT2D eigenvalue weighted by atomic mass is 16.5. The van der Waals surface area contributed by atoms with Gasteiger partial charge < -0.3 is 14.7 Å². The number of amides is 1. The summed E-state index contributed by atoms with van der Waals surface area (Å²) < 4.78 is 7.27. The van der Waals surface area contributed by atoms with Gasteiger partial charge in [-0.25, -0.2) is 4.79 Å². The Labute approximate surface area is 135 Å². The van der Waals surface area contributed by atoms with E-state index in [1.807, 2.05) is 11.6 Å². The van der Waals surface area contributed by atoms with Gasteiger partial charge in [0.2, 0.25) is 0 Å². The second kappa shape index (κ2) is 6.70. The number of aromatic nitrogens is 2. The van der Waals surface area contributed by atoms with Gasteiger partial charge in [-0.15, -0.1) is 0 Å². The second-order valence-electron chi connectivity index (χ2n) is 6.28. The molecule has 1 aromatic heterocycles. The van der Waals surface area contributed by atoms with E-state index in [-0.39, 0.29) is 11.9 Å². The molecule has 7 heteroatoms. The molecule has 2 saturated heterocycles. The number of hydrogen-bond donors (Lipinski definition) is 1. The molecule has 0 bridgehead atoms. The molecular weight excluding hydrogens is 298 g/mol. The van der Waals surface area contributed by atoms with Crippen LogP contribution in [0.5, 0.6) is 0 Å². The van der Waals surface area contributed by atoms with Crippen LogP contribution in [0.15, 0.2) is 6.20 Å². The van der Waals surface area contributed by atoms with Crippen molar-refractivity contribution in [1.82, 2.24) is 14.7 Å². The number of carboxylic acid groups (broad SMARTS) is 1. The molecule has 23 heavy (non-hydrogen) atoms. The number of rotatable bonds is 3. The normalized spacial score (nSPS) is 23.0. The lowest BCUT2D eigenvalue weighted by Gasteiger charge is -2.33. The minimum Gasteiger partial charge on any atom is -0.480 e. The van der Waals surface area contributed by atoms with E-state index in [0.717, 1.165) is 31.4 Å². The number of piperidine rings is 1. The van der Waals surface area contributed by atoms with Crippen LogP contribution in [0.4, 0.5) is 0 Å². The van der Waals surface area contributed by atoms with Crippen molar-refractivity contribution in [1.29, 1.82) is 0 Å². The van der Waals surface area contributed by atoms with Gasteiger partial charge in [0.05, 0.1) is 17.8 Å². The predicted octanol–water partition coefficient (Wildman–Crippen LogP) is 1.62. The average molecular weight is 321 g/mol. The molecule has 1 amide bonds. The van der Waals surface area contributed by atoms with E-state index in [4.69, 9.17) is 4.74 Å². The molecule has 0 saturated carbocycles. The summed E-state index contributed by atoms with van der Waals surface area (Å²) in [6.45, 7) is 3.80. The van der Waals surface area contributed by atoms with Crippen molar-refractivity contribution >= 4 is 11.9 Å². The first kappa shape index (κ1) is 16.0. The zero-order valence-electron chi connectivity index (χ0n) is 13.4. The highest BCUT2D eigenvalue weighted by Crippen LogP contribution is 2.25. The van der Waals surface area contributed by atoms with Crippen molar-refractivity contribution < 1.29 is 19.4 Å². The third-order valence-corrected chi connectivity index (χ3v) is 4.86. The second-order valence-corrected chi connectivity index (χ2v) is 6.28. The largest absolute Gasteiger partial charge is 0.480 e. The van der Waals surface area contributed by atoms with E-state index in [9.17, 15) is 14.7 Å². The fourth-order valence-corrected chi connectivity index (χ4v) is 3.52. The molecular formula is C16H23N3O4. The van der Waals surface area contributed by atoms with Crippen molar-refractivity contribution in [2.45, 2.75) is 51.1 Å². The third kappa shape index (κ3) is 3.10. The summed E-state index contributed by atoms with van der Waals surface area (Å²) in [5.74, 6) is -1.14. The maximum absolute atomic E-state index is 12.8. The number of ether oxygens (including phenoxy) is 1. The first-order valence-electron chi connectivity index (χ1n) is 8.25. The monoisotopic (exact) mass is 321 g/mol. The van der Waals surface area contributed by atoms with E-state index in [0.29, 0.717) is 31.7 Å². The first-order chi connectivity index (χ1) is 11.1. The van der Waals surface area contributed by atoms with Gasteiger partial charge in [0.1, 0.15) is 6.04 Å². The van der Waals surface area contributed by atoms with E-state index >= 15 is 0 Å². The smallest absolute Gasteiger partial charge is 0.326 e. The summed E-state index contributed by atoms with van der Waals surface area (Å²) in [5.41, 5.74) is 1.33. The Kier molecular flexibility index (Phi) is 4.66. The van der Waals surface area contributed by atoms with Crippen molar-refractivity contribution in [3.63, 3.8) is 0 Å². The Morgan fingerprint density at radius 1 is 1.26 bits per heavy atom. The first-order valence-corrected chi connectivity index (χ1v) is 8.25. The average Bonchev–Trinajstić information content (AvgIpc) is 2.96. The quantitative estimate of drug-likeness (QED) is 0.914. The zero-order valence-corrected chi connectivity index (χ0v) is 13.4. The summed E-state index contributed by atoms with van der Waals surface area (Å²) in [4.78, 5) is 25.7. The number of hydrogen-bond acceptors (Lipinski definition) is 4. The third-order valence-electron chi connectivity index (χ3n) is 4.86. The Bertz CT molecular complexity index is 592. The minimum atomic E-state index is -0.924. The summed E-state index contributed by atoms with van der Waals surface area (Å²) in [5, 5.41) is 13.7. The fraction of sp³-hybridized carbons (Fsp3) is 0.688. The molecule has 1 N–H and O–H groups in total. The topological polar surface area (TPSA) is 84.7 Å². The molecule has 0 aliphatic carbocycles. The molecule has 2 aliphatic heterocycles. The van der Waals surface area contributed by atoms with Crippen LogP contribution in [0.1, 0.15) is 54.2 Å². The molecule has 7 nitrogen and oxygen atoms in total. The zero-order chi connectivity index (χ0) is 16.4. The SMILES string of the molecule is Cc1c(C(=O)N2CCCC[C@@H]2C(=O)O)cnn1C1CCOCC1. The van der Waals surface area contributed by atoms with Gasteiger partial charge >= 0.3 is 5.97 Å². The lowest BCUT2D eigenvalue weighted by atomic mass is 10.0. The van der Waals surface area contributed by atoms with Crippen LogP contribution in [0, 0.1) is 6.92 Å². The molecule has 0 radical (unpaired) electrons. The summed E-state index contributed by atoms with van der Waals surface area (Å²) in [6, 6.07) is -0.469. The van der Waals surface area contributed by atoms with Crippen molar-refractivity contribution in [3.8, 4) is 0 Å².